The van der Waals surface area contributed by atoms with E-state index in [9.17, 15) is 14.7 Å². The summed E-state index contributed by atoms with van der Waals surface area (Å²) in [6, 6.07) is 23.5. The third kappa shape index (κ3) is 4.52. The summed E-state index contributed by atoms with van der Waals surface area (Å²) in [5.74, 6) is -1.96. The quantitative estimate of drug-likeness (QED) is 0.573. The fourth-order valence-electron chi connectivity index (χ4n) is 2.98. The lowest BCUT2D eigenvalue weighted by atomic mass is 9.88. The van der Waals surface area contributed by atoms with Gasteiger partial charge < -0.3 is 15.5 Å². The van der Waals surface area contributed by atoms with Crippen LogP contribution in [0, 0.1) is 0 Å². The Bertz CT molecular complexity index is 900. The number of carboxylic acids is 1. The van der Waals surface area contributed by atoms with Gasteiger partial charge in [0.25, 0.3) is 0 Å². The average Bonchev–Trinajstić information content (AvgIpc) is 2.69. The second-order valence-electron chi connectivity index (χ2n) is 6.16. The Hall–Kier alpha value is -3.60. The standard InChI is InChI=1S/C22H19NO4/c24-20-12-11-17(13-19(20)22(26)27)23-21(25)14-18(15-7-3-1-4-8-15)16-9-5-2-6-10-16/h1-13,18,24H,14H2,(H,23,25)(H,26,27). The first-order valence-corrected chi connectivity index (χ1v) is 8.50. The molecule has 0 aliphatic heterocycles. The van der Waals surface area contributed by atoms with Crippen LogP contribution in [0.3, 0.4) is 0 Å². The van der Waals surface area contributed by atoms with Gasteiger partial charge in [0, 0.05) is 18.0 Å². The number of nitrogens with one attached hydrogen (secondary N) is 1. The van der Waals surface area contributed by atoms with Gasteiger partial charge in [-0.1, -0.05) is 60.7 Å². The Labute approximate surface area is 156 Å². The van der Waals surface area contributed by atoms with Crippen molar-refractivity contribution in [1.82, 2.24) is 0 Å². The van der Waals surface area contributed by atoms with Crippen LogP contribution in [0.1, 0.15) is 33.8 Å². The van der Waals surface area contributed by atoms with Crippen molar-refractivity contribution >= 4 is 17.6 Å². The van der Waals surface area contributed by atoms with Crippen molar-refractivity contribution in [3.63, 3.8) is 0 Å². The molecule has 0 unspecified atom stereocenters. The van der Waals surface area contributed by atoms with E-state index in [4.69, 9.17) is 5.11 Å². The van der Waals surface area contributed by atoms with Gasteiger partial charge in [-0.25, -0.2) is 4.79 Å². The van der Waals surface area contributed by atoms with E-state index in [2.05, 4.69) is 5.32 Å². The minimum absolute atomic E-state index is 0.122. The zero-order valence-corrected chi connectivity index (χ0v) is 14.5. The maximum Gasteiger partial charge on any atom is 0.339 e. The maximum absolute atomic E-state index is 12.6. The predicted octanol–water partition coefficient (Wildman–Crippen LogP) is 4.25. The molecule has 0 heterocycles. The second-order valence-corrected chi connectivity index (χ2v) is 6.16. The normalized spacial score (nSPS) is 10.6. The SMILES string of the molecule is O=C(CC(c1ccccc1)c1ccccc1)Nc1ccc(O)c(C(=O)O)c1. The molecular weight excluding hydrogens is 342 g/mol. The summed E-state index contributed by atoms with van der Waals surface area (Å²) >= 11 is 0. The molecule has 0 fully saturated rings. The molecule has 0 radical (unpaired) electrons. The smallest absolute Gasteiger partial charge is 0.339 e. The topological polar surface area (TPSA) is 86.6 Å². The molecule has 0 spiro atoms. The molecule has 5 heteroatoms. The van der Waals surface area contributed by atoms with Gasteiger partial charge in [0.1, 0.15) is 11.3 Å². The van der Waals surface area contributed by atoms with E-state index in [0.717, 1.165) is 11.1 Å². The van der Waals surface area contributed by atoms with Gasteiger partial charge in [-0.2, -0.15) is 0 Å². The fourth-order valence-corrected chi connectivity index (χ4v) is 2.98. The number of anilines is 1. The number of carboxylic acid groups (broad SMARTS) is 1. The first-order valence-electron chi connectivity index (χ1n) is 8.50. The number of amides is 1. The van der Waals surface area contributed by atoms with Crippen molar-refractivity contribution in [1.29, 1.82) is 0 Å². The highest BCUT2D eigenvalue weighted by Gasteiger charge is 2.19. The molecule has 0 aromatic heterocycles. The van der Waals surface area contributed by atoms with E-state index in [0.29, 0.717) is 5.69 Å². The minimum atomic E-state index is -1.25. The monoisotopic (exact) mass is 361 g/mol. The van der Waals surface area contributed by atoms with Gasteiger partial charge in [0.15, 0.2) is 0 Å². The molecule has 3 aromatic carbocycles. The van der Waals surface area contributed by atoms with Crippen LogP contribution in [0.2, 0.25) is 0 Å². The molecule has 0 aliphatic rings. The van der Waals surface area contributed by atoms with E-state index in [1.807, 2.05) is 60.7 Å². The summed E-state index contributed by atoms with van der Waals surface area (Å²) < 4.78 is 0. The lowest BCUT2D eigenvalue weighted by molar-refractivity contribution is -0.116. The molecule has 3 aromatic rings. The summed E-state index contributed by atoms with van der Waals surface area (Å²) in [4.78, 5) is 23.7. The number of rotatable bonds is 6. The zero-order chi connectivity index (χ0) is 19.2. The highest BCUT2D eigenvalue weighted by atomic mass is 16.4. The molecule has 0 atom stereocenters. The third-order valence-corrected chi connectivity index (χ3v) is 4.30. The Morgan fingerprint density at radius 3 is 1.93 bits per heavy atom. The van der Waals surface area contributed by atoms with Crippen molar-refractivity contribution in [3.05, 3.63) is 95.6 Å². The Morgan fingerprint density at radius 2 is 1.41 bits per heavy atom. The first-order chi connectivity index (χ1) is 13.0. The summed E-state index contributed by atoms with van der Waals surface area (Å²) in [6.45, 7) is 0. The molecular formula is C22H19NO4. The maximum atomic E-state index is 12.6. The molecule has 3 N–H and O–H groups in total. The van der Waals surface area contributed by atoms with Crippen molar-refractivity contribution in [2.75, 3.05) is 5.32 Å². The minimum Gasteiger partial charge on any atom is -0.507 e. The van der Waals surface area contributed by atoms with Crippen molar-refractivity contribution in [2.45, 2.75) is 12.3 Å². The number of hydrogen-bond donors (Lipinski definition) is 3. The van der Waals surface area contributed by atoms with Crippen molar-refractivity contribution in [2.24, 2.45) is 0 Å². The summed E-state index contributed by atoms with van der Waals surface area (Å²) in [7, 11) is 0. The van der Waals surface area contributed by atoms with E-state index < -0.39 is 5.97 Å². The Balaban J connectivity index is 1.81. The molecule has 27 heavy (non-hydrogen) atoms. The number of carbonyl (C=O) groups is 2. The summed E-state index contributed by atoms with van der Waals surface area (Å²) in [5, 5.41) is 21.4. The first kappa shape index (κ1) is 18.2. The second kappa shape index (κ2) is 8.19. The number of aromatic hydroxyl groups is 1. The molecule has 0 aliphatic carbocycles. The Morgan fingerprint density at radius 1 is 0.852 bits per heavy atom. The molecule has 0 saturated heterocycles. The number of benzene rings is 3. The molecule has 5 nitrogen and oxygen atoms in total. The van der Waals surface area contributed by atoms with Crippen LogP contribution in [0.5, 0.6) is 5.75 Å². The number of hydrogen-bond acceptors (Lipinski definition) is 3. The van der Waals surface area contributed by atoms with Crippen LogP contribution in [-0.4, -0.2) is 22.1 Å². The van der Waals surface area contributed by atoms with Gasteiger partial charge in [0.2, 0.25) is 5.91 Å². The molecule has 0 saturated carbocycles. The van der Waals surface area contributed by atoms with E-state index in [1.165, 1.54) is 18.2 Å². The van der Waals surface area contributed by atoms with E-state index >= 15 is 0 Å². The predicted molar refractivity (Wildman–Crippen MR) is 103 cm³/mol. The van der Waals surface area contributed by atoms with Crippen LogP contribution >= 0.6 is 0 Å². The van der Waals surface area contributed by atoms with E-state index in [1.54, 1.807) is 0 Å². The van der Waals surface area contributed by atoms with Gasteiger partial charge in [-0.3, -0.25) is 4.79 Å². The van der Waals surface area contributed by atoms with Gasteiger partial charge in [-0.05, 0) is 29.3 Å². The number of phenols is 1. The largest absolute Gasteiger partial charge is 0.507 e. The highest BCUT2D eigenvalue weighted by molar-refractivity contribution is 5.96. The average molecular weight is 361 g/mol. The molecule has 3 rings (SSSR count). The van der Waals surface area contributed by atoms with Crippen LogP contribution < -0.4 is 5.32 Å². The van der Waals surface area contributed by atoms with Gasteiger partial charge in [0.05, 0.1) is 0 Å². The van der Waals surface area contributed by atoms with Crippen molar-refractivity contribution < 1.29 is 19.8 Å². The zero-order valence-electron chi connectivity index (χ0n) is 14.5. The number of carbonyl (C=O) groups excluding carboxylic acids is 1. The fraction of sp³-hybridized carbons (Fsp3) is 0.0909. The third-order valence-electron chi connectivity index (χ3n) is 4.30. The Kier molecular flexibility index (Phi) is 5.52. The molecule has 0 bridgehead atoms. The number of aromatic carboxylic acids is 1. The van der Waals surface area contributed by atoms with Crippen molar-refractivity contribution in [3.8, 4) is 5.75 Å². The lowest BCUT2D eigenvalue weighted by Gasteiger charge is -2.18. The van der Waals surface area contributed by atoms with Gasteiger partial charge in [-0.15, -0.1) is 0 Å². The van der Waals surface area contributed by atoms with Crippen LogP contribution in [-0.2, 0) is 4.79 Å². The summed E-state index contributed by atoms with van der Waals surface area (Å²) in [5.41, 5.74) is 2.12. The van der Waals surface area contributed by atoms with Gasteiger partial charge >= 0.3 is 5.97 Å². The highest BCUT2D eigenvalue weighted by Crippen LogP contribution is 2.29. The molecule has 136 valence electrons. The lowest BCUT2D eigenvalue weighted by Crippen LogP contribution is -2.16. The van der Waals surface area contributed by atoms with Crippen LogP contribution in [0.25, 0.3) is 0 Å². The van der Waals surface area contributed by atoms with Crippen LogP contribution in [0.4, 0.5) is 5.69 Å². The molecule has 1 amide bonds. The summed E-state index contributed by atoms with van der Waals surface area (Å²) in [6.07, 6.45) is 0.206. The van der Waals surface area contributed by atoms with Crippen LogP contribution in [0.15, 0.2) is 78.9 Å². The van der Waals surface area contributed by atoms with E-state index in [-0.39, 0.29) is 29.6 Å².